The highest BCUT2D eigenvalue weighted by Gasteiger charge is 2.10. The first-order valence-corrected chi connectivity index (χ1v) is 8.08. The predicted molar refractivity (Wildman–Crippen MR) is 91.4 cm³/mol. The average Bonchev–Trinajstić information content (AvgIpc) is 3.02. The van der Waals surface area contributed by atoms with Crippen LogP contribution in [0.3, 0.4) is 0 Å². The molecular weight excluding hydrogens is 330 g/mol. The van der Waals surface area contributed by atoms with Gasteiger partial charge in [0.15, 0.2) is 0 Å². The fourth-order valence-corrected chi connectivity index (χ4v) is 2.52. The molecule has 1 N–H and O–H groups in total. The summed E-state index contributed by atoms with van der Waals surface area (Å²) in [5.41, 5.74) is 4.44. The molecule has 7 nitrogen and oxygen atoms in total. The van der Waals surface area contributed by atoms with E-state index in [1.165, 1.54) is 24.7 Å². The number of hydrogen-bond acceptors (Lipinski definition) is 8. The SMILES string of the molecule is CCOC(=O)Cc1csc(NN=Cc2ccccc2C(=O)OC)n1. The number of nitrogens with one attached hydrogen (secondary N) is 1. The third kappa shape index (κ3) is 4.88. The Bertz CT molecular complexity index is 742. The molecule has 1 aromatic carbocycles. The van der Waals surface area contributed by atoms with Crippen molar-refractivity contribution in [2.75, 3.05) is 19.1 Å². The Morgan fingerprint density at radius 2 is 2.17 bits per heavy atom. The normalized spacial score (nSPS) is 10.6. The van der Waals surface area contributed by atoms with E-state index in [9.17, 15) is 9.59 Å². The van der Waals surface area contributed by atoms with Gasteiger partial charge in [-0.15, -0.1) is 11.3 Å². The molecule has 1 aromatic heterocycles. The van der Waals surface area contributed by atoms with Crippen LogP contribution in [-0.4, -0.2) is 36.9 Å². The predicted octanol–water partition coefficient (Wildman–Crippen LogP) is 2.48. The lowest BCUT2D eigenvalue weighted by atomic mass is 10.1. The summed E-state index contributed by atoms with van der Waals surface area (Å²) >= 11 is 1.32. The van der Waals surface area contributed by atoms with E-state index in [2.05, 4.69) is 15.5 Å². The summed E-state index contributed by atoms with van der Waals surface area (Å²) in [6, 6.07) is 6.97. The van der Waals surface area contributed by atoms with E-state index in [-0.39, 0.29) is 12.4 Å². The van der Waals surface area contributed by atoms with Crippen LogP contribution < -0.4 is 5.43 Å². The molecule has 0 atom stereocenters. The zero-order chi connectivity index (χ0) is 17.4. The number of ether oxygens (including phenoxy) is 2. The van der Waals surface area contributed by atoms with Crippen molar-refractivity contribution < 1.29 is 19.1 Å². The van der Waals surface area contributed by atoms with Crippen LogP contribution in [0.5, 0.6) is 0 Å². The lowest BCUT2D eigenvalue weighted by Gasteiger charge is -2.02. The molecule has 0 unspecified atom stereocenters. The molecule has 2 aromatic rings. The molecule has 1 heterocycles. The summed E-state index contributed by atoms with van der Waals surface area (Å²) in [4.78, 5) is 27.3. The van der Waals surface area contributed by atoms with Crippen LogP contribution in [0.2, 0.25) is 0 Å². The lowest BCUT2D eigenvalue weighted by Crippen LogP contribution is -2.07. The second kappa shape index (κ2) is 8.78. The van der Waals surface area contributed by atoms with Gasteiger partial charge in [-0.3, -0.25) is 10.2 Å². The number of esters is 2. The molecule has 0 radical (unpaired) electrons. The van der Waals surface area contributed by atoms with Gasteiger partial charge in [-0.2, -0.15) is 5.10 Å². The molecule has 0 amide bonds. The van der Waals surface area contributed by atoms with E-state index in [1.54, 1.807) is 36.6 Å². The van der Waals surface area contributed by atoms with Gasteiger partial charge in [0.25, 0.3) is 0 Å². The quantitative estimate of drug-likeness (QED) is 0.470. The Kier molecular flexibility index (Phi) is 6.44. The average molecular weight is 347 g/mol. The van der Waals surface area contributed by atoms with Crippen molar-refractivity contribution >= 4 is 34.6 Å². The number of anilines is 1. The van der Waals surface area contributed by atoms with E-state index in [1.807, 2.05) is 0 Å². The number of methoxy groups -OCH3 is 1. The zero-order valence-electron chi connectivity index (χ0n) is 13.3. The van der Waals surface area contributed by atoms with Gasteiger partial charge in [0.1, 0.15) is 0 Å². The summed E-state index contributed by atoms with van der Waals surface area (Å²) in [6.07, 6.45) is 1.64. The highest BCUT2D eigenvalue weighted by atomic mass is 32.1. The molecule has 0 aliphatic rings. The lowest BCUT2D eigenvalue weighted by molar-refractivity contribution is -0.142. The maximum Gasteiger partial charge on any atom is 0.338 e. The van der Waals surface area contributed by atoms with E-state index in [0.29, 0.717) is 28.6 Å². The number of nitrogens with zero attached hydrogens (tertiary/aromatic N) is 2. The maximum absolute atomic E-state index is 11.7. The van der Waals surface area contributed by atoms with Crippen LogP contribution >= 0.6 is 11.3 Å². The Balaban J connectivity index is 1.99. The van der Waals surface area contributed by atoms with Gasteiger partial charge in [0, 0.05) is 10.9 Å². The third-order valence-corrected chi connectivity index (χ3v) is 3.71. The number of hydrazone groups is 1. The highest BCUT2D eigenvalue weighted by Crippen LogP contribution is 2.16. The zero-order valence-corrected chi connectivity index (χ0v) is 14.1. The van der Waals surface area contributed by atoms with Gasteiger partial charge in [-0.1, -0.05) is 18.2 Å². The molecule has 0 fully saturated rings. The summed E-state index contributed by atoms with van der Waals surface area (Å²) in [7, 11) is 1.33. The summed E-state index contributed by atoms with van der Waals surface area (Å²) < 4.78 is 9.60. The molecule has 0 bridgehead atoms. The number of thiazole rings is 1. The maximum atomic E-state index is 11.7. The second-order valence-corrected chi connectivity index (χ2v) is 5.43. The van der Waals surface area contributed by atoms with Gasteiger partial charge >= 0.3 is 11.9 Å². The molecule has 0 saturated carbocycles. The van der Waals surface area contributed by atoms with Crippen LogP contribution in [0.15, 0.2) is 34.7 Å². The monoisotopic (exact) mass is 347 g/mol. The Hall–Kier alpha value is -2.74. The van der Waals surface area contributed by atoms with Crippen molar-refractivity contribution in [1.29, 1.82) is 0 Å². The van der Waals surface area contributed by atoms with E-state index in [4.69, 9.17) is 9.47 Å². The summed E-state index contributed by atoms with van der Waals surface area (Å²) in [6.45, 7) is 2.10. The van der Waals surface area contributed by atoms with Gasteiger partial charge in [0.05, 0.1) is 37.6 Å². The fourth-order valence-electron chi connectivity index (χ4n) is 1.86. The van der Waals surface area contributed by atoms with Crippen molar-refractivity contribution in [3.05, 3.63) is 46.5 Å². The minimum Gasteiger partial charge on any atom is -0.466 e. The van der Waals surface area contributed by atoms with Crippen LogP contribution in [0, 0.1) is 0 Å². The third-order valence-electron chi connectivity index (χ3n) is 2.91. The Morgan fingerprint density at radius 1 is 1.38 bits per heavy atom. The minimum absolute atomic E-state index is 0.126. The van der Waals surface area contributed by atoms with Crippen molar-refractivity contribution in [3.63, 3.8) is 0 Å². The van der Waals surface area contributed by atoms with Crippen LogP contribution in [0.4, 0.5) is 5.13 Å². The standard InChI is InChI=1S/C16H17N3O4S/c1-3-23-14(20)8-12-10-24-16(18-12)19-17-9-11-6-4-5-7-13(11)15(21)22-2/h4-7,9-10H,3,8H2,1-2H3,(H,18,19). The first-order valence-electron chi connectivity index (χ1n) is 7.20. The smallest absolute Gasteiger partial charge is 0.338 e. The molecule has 0 aliphatic carbocycles. The van der Waals surface area contributed by atoms with E-state index >= 15 is 0 Å². The van der Waals surface area contributed by atoms with Gasteiger partial charge in [-0.25, -0.2) is 9.78 Å². The second-order valence-electron chi connectivity index (χ2n) is 4.57. The van der Waals surface area contributed by atoms with Crippen molar-refractivity contribution in [1.82, 2.24) is 4.98 Å². The highest BCUT2D eigenvalue weighted by molar-refractivity contribution is 7.13. The molecule has 126 valence electrons. The van der Waals surface area contributed by atoms with Gasteiger partial charge < -0.3 is 9.47 Å². The molecule has 0 saturated heterocycles. The molecular formula is C16H17N3O4S. The molecule has 2 rings (SSSR count). The molecule has 24 heavy (non-hydrogen) atoms. The van der Waals surface area contributed by atoms with Crippen molar-refractivity contribution in [2.24, 2.45) is 5.10 Å². The molecule has 0 spiro atoms. The Labute approximate surface area is 143 Å². The van der Waals surface area contributed by atoms with Gasteiger partial charge in [0.2, 0.25) is 5.13 Å². The minimum atomic E-state index is -0.428. The van der Waals surface area contributed by atoms with E-state index in [0.717, 1.165) is 0 Å². The first kappa shape index (κ1) is 17.6. The topological polar surface area (TPSA) is 89.9 Å². The van der Waals surface area contributed by atoms with Crippen LogP contribution in [0.1, 0.15) is 28.5 Å². The molecule has 0 aliphatic heterocycles. The number of carbonyl (C=O) groups excluding carboxylic acids is 2. The largest absolute Gasteiger partial charge is 0.466 e. The fraction of sp³-hybridized carbons (Fsp3) is 0.250. The van der Waals surface area contributed by atoms with E-state index < -0.39 is 5.97 Å². The Morgan fingerprint density at radius 3 is 2.92 bits per heavy atom. The number of hydrogen-bond donors (Lipinski definition) is 1. The summed E-state index contributed by atoms with van der Waals surface area (Å²) in [5, 5.41) is 6.37. The summed E-state index contributed by atoms with van der Waals surface area (Å²) in [5.74, 6) is -0.743. The van der Waals surface area contributed by atoms with Crippen molar-refractivity contribution in [2.45, 2.75) is 13.3 Å². The number of rotatable bonds is 7. The van der Waals surface area contributed by atoms with Gasteiger partial charge in [-0.05, 0) is 13.0 Å². The van der Waals surface area contributed by atoms with Crippen molar-refractivity contribution in [3.8, 4) is 0 Å². The number of aromatic nitrogens is 1. The first-order chi connectivity index (χ1) is 11.6. The molecule has 8 heteroatoms. The van der Waals surface area contributed by atoms with Crippen LogP contribution in [0.25, 0.3) is 0 Å². The number of carbonyl (C=O) groups is 2. The van der Waals surface area contributed by atoms with Crippen LogP contribution in [-0.2, 0) is 20.7 Å². The number of benzene rings is 1.